The molecule has 4 fully saturated rings. The first-order valence-corrected chi connectivity index (χ1v) is 7.75. The van der Waals surface area contributed by atoms with Crippen LogP contribution in [0.2, 0.25) is 0 Å². The summed E-state index contributed by atoms with van der Waals surface area (Å²) in [5, 5.41) is 9.85. The van der Waals surface area contributed by atoms with Crippen LogP contribution >= 0.6 is 0 Å². The van der Waals surface area contributed by atoms with Crippen molar-refractivity contribution >= 4 is 5.97 Å². The molecule has 0 aromatic heterocycles. The van der Waals surface area contributed by atoms with E-state index in [-0.39, 0.29) is 10.8 Å². The molecule has 4 saturated carbocycles. The molecule has 0 spiro atoms. The highest BCUT2D eigenvalue weighted by molar-refractivity contribution is 5.76. The van der Waals surface area contributed by atoms with Gasteiger partial charge in [-0.05, 0) is 60.8 Å². The van der Waals surface area contributed by atoms with Crippen LogP contribution in [0, 0.1) is 16.7 Å². The molecule has 1 aromatic rings. The Hall–Kier alpha value is -1.31. The number of benzene rings is 1. The van der Waals surface area contributed by atoms with Crippen molar-refractivity contribution < 1.29 is 9.90 Å². The van der Waals surface area contributed by atoms with Gasteiger partial charge in [0.1, 0.15) is 0 Å². The second-order valence-corrected chi connectivity index (χ2v) is 8.05. The first-order chi connectivity index (χ1) is 9.46. The van der Waals surface area contributed by atoms with E-state index >= 15 is 0 Å². The molecule has 4 atom stereocenters. The summed E-state index contributed by atoms with van der Waals surface area (Å²) in [7, 11) is 0. The van der Waals surface area contributed by atoms with Crippen LogP contribution < -0.4 is 0 Å². The fourth-order valence-corrected chi connectivity index (χ4v) is 6.27. The summed E-state index contributed by atoms with van der Waals surface area (Å²) in [4.78, 5) is 12.0. The first-order valence-electron chi connectivity index (χ1n) is 7.75. The average Bonchev–Trinajstić information content (AvgIpc) is 2.37. The van der Waals surface area contributed by atoms with Crippen molar-refractivity contribution in [2.24, 2.45) is 16.7 Å². The fourth-order valence-electron chi connectivity index (χ4n) is 6.27. The van der Waals surface area contributed by atoms with Gasteiger partial charge in [-0.3, -0.25) is 4.79 Å². The summed E-state index contributed by atoms with van der Waals surface area (Å²) < 4.78 is 0. The molecule has 2 heteroatoms. The van der Waals surface area contributed by atoms with E-state index in [0.29, 0.717) is 5.92 Å². The van der Waals surface area contributed by atoms with Gasteiger partial charge in [-0.15, -0.1) is 0 Å². The molecule has 0 amide bonds. The van der Waals surface area contributed by atoms with Crippen molar-refractivity contribution in [1.29, 1.82) is 0 Å². The topological polar surface area (TPSA) is 37.3 Å². The highest BCUT2D eigenvalue weighted by atomic mass is 16.4. The molecular formula is C18H22O2. The highest BCUT2D eigenvalue weighted by Crippen LogP contribution is 2.69. The summed E-state index contributed by atoms with van der Waals surface area (Å²) in [5.41, 5.74) is 1.27. The van der Waals surface area contributed by atoms with Gasteiger partial charge in [0.05, 0.1) is 5.41 Å². The first kappa shape index (κ1) is 12.4. The van der Waals surface area contributed by atoms with Gasteiger partial charge in [-0.25, -0.2) is 0 Å². The smallest absolute Gasteiger partial charge is 0.309 e. The van der Waals surface area contributed by atoms with Crippen molar-refractivity contribution in [3.05, 3.63) is 35.9 Å². The Labute approximate surface area is 120 Å². The summed E-state index contributed by atoms with van der Waals surface area (Å²) in [6, 6.07) is 10.7. The molecule has 1 aromatic carbocycles. The molecule has 4 bridgehead atoms. The maximum absolute atomic E-state index is 12.0. The molecule has 106 valence electrons. The SMILES string of the molecule is C[C@]12C[C@H]3C[C@@](C(=O)O)(C1)C[C@@](c1ccccc1)(C3)C2. The lowest BCUT2D eigenvalue weighted by Gasteiger charge is -2.64. The maximum atomic E-state index is 12.0. The molecule has 1 N–H and O–H groups in total. The molecule has 0 aliphatic heterocycles. The van der Waals surface area contributed by atoms with Gasteiger partial charge in [0.25, 0.3) is 0 Å². The number of carboxylic acid groups (broad SMARTS) is 1. The van der Waals surface area contributed by atoms with Gasteiger partial charge in [-0.1, -0.05) is 37.3 Å². The third-order valence-corrected chi connectivity index (χ3v) is 6.19. The van der Waals surface area contributed by atoms with Crippen LogP contribution in [0.3, 0.4) is 0 Å². The normalized spacial score (nSPS) is 45.5. The number of rotatable bonds is 2. The molecular weight excluding hydrogens is 248 g/mol. The molecule has 4 aliphatic carbocycles. The largest absolute Gasteiger partial charge is 0.481 e. The molecule has 0 unspecified atom stereocenters. The van der Waals surface area contributed by atoms with Crippen LogP contribution in [0.25, 0.3) is 0 Å². The lowest BCUT2D eigenvalue weighted by molar-refractivity contribution is -0.176. The Morgan fingerprint density at radius 2 is 1.85 bits per heavy atom. The predicted molar refractivity (Wildman–Crippen MR) is 77.5 cm³/mol. The van der Waals surface area contributed by atoms with E-state index in [1.165, 1.54) is 24.8 Å². The number of carboxylic acids is 1. The van der Waals surface area contributed by atoms with Crippen LogP contribution in [0.15, 0.2) is 30.3 Å². The summed E-state index contributed by atoms with van der Waals surface area (Å²) in [6.07, 6.45) is 6.26. The van der Waals surface area contributed by atoms with E-state index in [9.17, 15) is 9.90 Å². The Morgan fingerprint density at radius 1 is 1.10 bits per heavy atom. The van der Waals surface area contributed by atoms with Gasteiger partial charge in [0.15, 0.2) is 0 Å². The van der Waals surface area contributed by atoms with Gasteiger partial charge >= 0.3 is 5.97 Å². The molecule has 0 saturated heterocycles. The maximum Gasteiger partial charge on any atom is 0.309 e. The van der Waals surface area contributed by atoms with Crippen LogP contribution in [0.5, 0.6) is 0 Å². The summed E-state index contributed by atoms with van der Waals surface area (Å²) in [6.45, 7) is 2.33. The minimum absolute atomic E-state index is 0.119. The Balaban J connectivity index is 1.85. The van der Waals surface area contributed by atoms with E-state index in [1.54, 1.807) is 0 Å². The van der Waals surface area contributed by atoms with Crippen molar-refractivity contribution in [3.8, 4) is 0 Å². The minimum Gasteiger partial charge on any atom is -0.481 e. The molecule has 20 heavy (non-hydrogen) atoms. The lowest BCUT2D eigenvalue weighted by Crippen LogP contribution is -2.60. The standard InChI is InChI=1S/C18H22O2/c1-16-7-13-8-17(10-16,14-5-3-2-4-6-14)12-18(9-13,11-16)15(19)20/h2-6,13H,7-12H2,1H3,(H,19,20)/t13-,16-,17-,18-/m1/s1. The van der Waals surface area contributed by atoms with E-state index < -0.39 is 11.4 Å². The zero-order valence-electron chi connectivity index (χ0n) is 12.1. The third kappa shape index (κ3) is 1.54. The number of hydrogen-bond donors (Lipinski definition) is 1. The molecule has 2 nitrogen and oxygen atoms in total. The van der Waals surface area contributed by atoms with E-state index in [0.717, 1.165) is 19.3 Å². The van der Waals surface area contributed by atoms with Crippen LogP contribution in [0.1, 0.15) is 51.0 Å². The Kier molecular flexibility index (Phi) is 2.28. The van der Waals surface area contributed by atoms with Crippen LogP contribution in [0.4, 0.5) is 0 Å². The van der Waals surface area contributed by atoms with E-state index in [4.69, 9.17) is 0 Å². The van der Waals surface area contributed by atoms with E-state index in [1.807, 2.05) is 0 Å². The van der Waals surface area contributed by atoms with Crippen molar-refractivity contribution in [2.45, 2.75) is 50.9 Å². The average molecular weight is 270 g/mol. The number of carbonyl (C=O) groups is 1. The van der Waals surface area contributed by atoms with Crippen molar-refractivity contribution in [2.75, 3.05) is 0 Å². The third-order valence-electron chi connectivity index (χ3n) is 6.19. The number of hydrogen-bond acceptors (Lipinski definition) is 1. The molecule has 4 aliphatic rings. The van der Waals surface area contributed by atoms with Gasteiger partial charge in [0, 0.05) is 0 Å². The molecule has 0 radical (unpaired) electrons. The lowest BCUT2D eigenvalue weighted by atomic mass is 9.39. The summed E-state index contributed by atoms with van der Waals surface area (Å²) >= 11 is 0. The van der Waals surface area contributed by atoms with Gasteiger partial charge in [-0.2, -0.15) is 0 Å². The zero-order valence-corrected chi connectivity index (χ0v) is 12.1. The predicted octanol–water partition coefficient (Wildman–Crippen LogP) is 4.00. The number of aliphatic carboxylic acids is 1. The molecule has 0 heterocycles. The fraction of sp³-hybridized carbons (Fsp3) is 0.611. The van der Waals surface area contributed by atoms with Gasteiger partial charge in [0.2, 0.25) is 0 Å². The summed E-state index contributed by atoms with van der Waals surface area (Å²) in [5.74, 6) is 0.0562. The van der Waals surface area contributed by atoms with Gasteiger partial charge < -0.3 is 5.11 Å². The Bertz CT molecular complexity index is 566. The quantitative estimate of drug-likeness (QED) is 0.882. The highest BCUT2D eigenvalue weighted by Gasteiger charge is 2.64. The van der Waals surface area contributed by atoms with Crippen molar-refractivity contribution in [3.63, 3.8) is 0 Å². The molecule has 5 rings (SSSR count). The zero-order chi connectivity index (χ0) is 14.0. The second kappa shape index (κ2) is 3.66. The minimum atomic E-state index is -0.548. The monoisotopic (exact) mass is 270 g/mol. The van der Waals surface area contributed by atoms with Crippen molar-refractivity contribution in [1.82, 2.24) is 0 Å². The van der Waals surface area contributed by atoms with Crippen LogP contribution in [-0.4, -0.2) is 11.1 Å². The van der Waals surface area contributed by atoms with E-state index in [2.05, 4.69) is 37.3 Å². The van der Waals surface area contributed by atoms with Crippen LogP contribution in [-0.2, 0) is 10.2 Å². The Morgan fingerprint density at radius 3 is 2.50 bits per heavy atom. The second-order valence-electron chi connectivity index (χ2n) is 8.05.